The zero-order chi connectivity index (χ0) is 21.8. The molecule has 0 bridgehead atoms. The Morgan fingerprint density at radius 1 is 0.935 bits per heavy atom. The van der Waals surface area contributed by atoms with Gasteiger partial charge in [-0.2, -0.15) is 0 Å². The third kappa shape index (κ3) is 5.99. The van der Waals surface area contributed by atoms with Crippen molar-refractivity contribution in [2.24, 2.45) is 0 Å². The first kappa shape index (κ1) is 22.6. The molecule has 1 saturated heterocycles. The van der Waals surface area contributed by atoms with E-state index in [9.17, 15) is 15.3 Å². The fraction of sp³-hybridized carbons (Fsp3) is 0.520. The van der Waals surface area contributed by atoms with Gasteiger partial charge in [0.1, 0.15) is 5.75 Å². The van der Waals surface area contributed by atoms with E-state index in [-0.39, 0.29) is 31.0 Å². The molecular weight excluding hydrogens is 416 g/mol. The molecule has 2 aromatic carbocycles. The normalized spacial score (nSPS) is 29.0. The molecule has 0 spiro atoms. The predicted molar refractivity (Wildman–Crippen MR) is 120 cm³/mol. The summed E-state index contributed by atoms with van der Waals surface area (Å²) in [5, 5.41) is 29.9. The zero-order valence-corrected chi connectivity index (χ0v) is 18.4. The number of rotatable bonds is 6. The van der Waals surface area contributed by atoms with Crippen molar-refractivity contribution >= 4 is 11.6 Å². The second-order valence-electron chi connectivity index (χ2n) is 8.77. The Kier molecular flexibility index (Phi) is 7.51. The molecule has 1 aliphatic carbocycles. The molecule has 2 aromatic rings. The highest BCUT2D eigenvalue weighted by Crippen LogP contribution is 2.34. The Morgan fingerprint density at radius 2 is 1.68 bits per heavy atom. The maximum absolute atomic E-state index is 10.1. The molecule has 4 rings (SSSR count). The minimum atomic E-state index is -0.477. The van der Waals surface area contributed by atoms with E-state index in [1.807, 2.05) is 30.3 Å². The van der Waals surface area contributed by atoms with E-state index in [0.717, 1.165) is 48.1 Å². The molecule has 6 heteroatoms. The Morgan fingerprint density at radius 3 is 2.39 bits per heavy atom. The van der Waals surface area contributed by atoms with Crippen molar-refractivity contribution in [3.05, 3.63) is 64.2 Å². The average Bonchev–Trinajstić information content (AvgIpc) is 2.77. The number of benzene rings is 2. The van der Waals surface area contributed by atoms with Gasteiger partial charge in [-0.3, -0.25) is 0 Å². The first-order chi connectivity index (χ1) is 15.0. The highest BCUT2D eigenvalue weighted by Gasteiger charge is 2.29. The predicted octanol–water partition coefficient (Wildman–Crippen LogP) is 4.19. The van der Waals surface area contributed by atoms with E-state index in [2.05, 4.69) is 12.1 Å². The topological polar surface area (TPSA) is 79.2 Å². The molecule has 0 radical (unpaired) electrons. The minimum Gasteiger partial charge on any atom is -0.490 e. The number of hydrogen-bond donors (Lipinski definition) is 3. The summed E-state index contributed by atoms with van der Waals surface area (Å²) < 4.78 is 12.0. The Bertz CT molecular complexity index is 847. The second kappa shape index (κ2) is 10.3. The van der Waals surface area contributed by atoms with E-state index in [1.165, 1.54) is 0 Å². The molecule has 3 N–H and O–H groups in total. The lowest BCUT2D eigenvalue weighted by Gasteiger charge is -2.32. The quantitative estimate of drug-likeness (QED) is 0.620. The van der Waals surface area contributed by atoms with Crippen molar-refractivity contribution in [1.82, 2.24) is 0 Å². The maximum Gasteiger partial charge on any atom is 0.119 e. The molecule has 0 aromatic heterocycles. The van der Waals surface area contributed by atoms with E-state index in [4.69, 9.17) is 21.1 Å². The maximum atomic E-state index is 10.1. The third-order valence-electron chi connectivity index (χ3n) is 6.29. The van der Waals surface area contributed by atoms with Crippen LogP contribution in [0.3, 0.4) is 0 Å². The van der Waals surface area contributed by atoms with Crippen LogP contribution in [0.15, 0.2) is 42.5 Å². The highest BCUT2D eigenvalue weighted by molar-refractivity contribution is 6.31. The summed E-state index contributed by atoms with van der Waals surface area (Å²) in [5.74, 6) is 0.852. The van der Waals surface area contributed by atoms with E-state index < -0.39 is 6.10 Å². The van der Waals surface area contributed by atoms with Crippen LogP contribution in [-0.2, 0) is 11.2 Å². The van der Waals surface area contributed by atoms with Crippen molar-refractivity contribution in [2.75, 3.05) is 6.61 Å². The van der Waals surface area contributed by atoms with Crippen molar-refractivity contribution in [3.63, 3.8) is 0 Å². The fourth-order valence-corrected chi connectivity index (χ4v) is 4.70. The second-order valence-corrected chi connectivity index (χ2v) is 9.18. The lowest BCUT2D eigenvalue weighted by atomic mass is 9.94. The molecule has 0 amide bonds. The highest BCUT2D eigenvalue weighted by atomic mass is 35.5. The molecule has 31 heavy (non-hydrogen) atoms. The average molecular weight is 447 g/mol. The molecule has 2 aliphatic rings. The summed E-state index contributed by atoms with van der Waals surface area (Å²) in [7, 11) is 0. The lowest BCUT2D eigenvalue weighted by molar-refractivity contribution is -0.113. The zero-order valence-electron chi connectivity index (χ0n) is 17.6. The molecular formula is C25H31ClO5. The number of aliphatic hydroxyl groups excluding tert-OH is 3. The molecule has 1 heterocycles. The van der Waals surface area contributed by atoms with Crippen LogP contribution in [0.5, 0.6) is 5.75 Å². The Hall–Kier alpha value is -1.63. The van der Waals surface area contributed by atoms with Crippen LogP contribution < -0.4 is 4.74 Å². The number of aliphatic hydroxyl groups is 3. The number of hydrogen-bond acceptors (Lipinski definition) is 5. The Labute approximate surface area is 188 Å². The third-order valence-corrected chi connectivity index (χ3v) is 6.66. The van der Waals surface area contributed by atoms with Gasteiger partial charge < -0.3 is 24.8 Å². The smallest absolute Gasteiger partial charge is 0.119 e. The summed E-state index contributed by atoms with van der Waals surface area (Å²) in [5.41, 5.74) is 3.10. The van der Waals surface area contributed by atoms with Gasteiger partial charge >= 0.3 is 0 Å². The lowest BCUT2D eigenvalue weighted by Crippen LogP contribution is -2.33. The monoisotopic (exact) mass is 446 g/mol. The van der Waals surface area contributed by atoms with Crippen LogP contribution in [0.4, 0.5) is 0 Å². The molecule has 1 aliphatic heterocycles. The van der Waals surface area contributed by atoms with E-state index in [0.29, 0.717) is 24.3 Å². The van der Waals surface area contributed by atoms with Crippen LogP contribution in [0, 0.1) is 0 Å². The van der Waals surface area contributed by atoms with Crippen LogP contribution in [0.25, 0.3) is 0 Å². The van der Waals surface area contributed by atoms with Crippen LogP contribution in [0.2, 0.25) is 5.02 Å². The molecule has 5 nitrogen and oxygen atoms in total. The van der Waals surface area contributed by atoms with Gasteiger partial charge in [-0.05, 0) is 67.0 Å². The minimum absolute atomic E-state index is 0.0934. The molecule has 1 unspecified atom stereocenters. The van der Waals surface area contributed by atoms with Gasteiger partial charge in [-0.15, -0.1) is 0 Å². The van der Waals surface area contributed by atoms with Crippen molar-refractivity contribution in [3.8, 4) is 5.75 Å². The van der Waals surface area contributed by atoms with Crippen LogP contribution in [0.1, 0.15) is 61.3 Å². The van der Waals surface area contributed by atoms with Crippen molar-refractivity contribution in [2.45, 2.75) is 75.5 Å². The van der Waals surface area contributed by atoms with E-state index >= 15 is 0 Å². The summed E-state index contributed by atoms with van der Waals surface area (Å²) in [6.45, 7) is -0.0934. The SMILES string of the molecule is OC[C@@H]1CC(O)C[C@H](c2ccc(Cl)c(Cc3ccc(OC4CCC(O)CC4)cc3)c2)O1. The number of ether oxygens (including phenoxy) is 2. The van der Waals surface area contributed by atoms with E-state index in [1.54, 1.807) is 0 Å². The van der Waals surface area contributed by atoms with Gasteiger partial charge in [-0.1, -0.05) is 35.9 Å². The fourth-order valence-electron chi connectivity index (χ4n) is 4.51. The molecule has 2 fully saturated rings. The van der Waals surface area contributed by atoms with Crippen molar-refractivity contribution < 1.29 is 24.8 Å². The van der Waals surface area contributed by atoms with Gasteiger partial charge in [0.05, 0.1) is 37.1 Å². The molecule has 1 saturated carbocycles. The molecule has 168 valence electrons. The first-order valence-corrected chi connectivity index (χ1v) is 11.5. The van der Waals surface area contributed by atoms with Crippen LogP contribution in [-0.4, -0.2) is 46.3 Å². The standard InChI is InChI=1S/C25H31ClO5/c26-24-10-3-17(25-14-20(29)13-23(15-27)31-25)12-18(24)11-16-1-6-21(7-2-16)30-22-8-4-19(28)5-9-22/h1-3,6-7,10,12,19-20,22-23,25,27-29H,4-5,8-9,11,13-15H2/t19?,20?,22?,23-,25+/m0/s1. The van der Waals surface area contributed by atoms with Gasteiger partial charge in [0, 0.05) is 17.9 Å². The number of halogens is 1. The molecule has 3 atom stereocenters. The van der Waals surface area contributed by atoms with Crippen molar-refractivity contribution in [1.29, 1.82) is 0 Å². The summed E-state index contributed by atoms with van der Waals surface area (Å²) >= 11 is 6.47. The first-order valence-electron chi connectivity index (χ1n) is 11.2. The Balaban J connectivity index is 1.41. The summed E-state index contributed by atoms with van der Waals surface area (Å²) in [6.07, 6.45) is 3.97. The largest absolute Gasteiger partial charge is 0.490 e. The summed E-state index contributed by atoms with van der Waals surface area (Å²) in [6, 6.07) is 13.9. The van der Waals surface area contributed by atoms with Gasteiger partial charge in [0.2, 0.25) is 0 Å². The summed E-state index contributed by atoms with van der Waals surface area (Å²) in [4.78, 5) is 0. The van der Waals surface area contributed by atoms with Gasteiger partial charge in [0.25, 0.3) is 0 Å². The van der Waals surface area contributed by atoms with Crippen LogP contribution >= 0.6 is 11.6 Å². The van der Waals surface area contributed by atoms with Gasteiger partial charge in [-0.25, -0.2) is 0 Å². The van der Waals surface area contributed by atoms with Gasteiger partial charge in [0.15, 0.2) is 0 Å².